The number of piperazine rings is 1. The molecule has 6 nitrogen and oxygen atoms in total. The van der Waals surface area contributed by atoms with E-state index in [1.165, 1.54) is 6.92 Å². The second-order valence-corrected chi connectivity index (χ2v) is 6.09. The largest absolute Gasteiger partial charge is 0.419 e. The van der Waals surface area contributed by atoms with Crippen LogP contribution in [0, 0.1) is 0 Å². The van der Waals surface area contributed by atoms with Crippen molar-refractivity contribution < 1.29 is 27.7 Å². The summed E-state index contributed by atoms with van der Waals surface area (Å²) in [5.74, 6) is 0.140. The maximum Gasteiger partial charge on any atom is 0.419 e. The number of hydrogen-bond acceptors (Lipinski definition) is 3. The average Bonchev–Trinajstić information content (AvgIpc) is 2.53. The van der Waals surface area contributed by atoms with E-state index in [9.17, 15) is 22.8 Å². The van der Waals surface area contributed by atoms with Gasteiger partial charge in [0.2, 0.25) is 11.8 Å². The highest BCUT2D eigenvalue weighted by Crippen LogP contribution is 2.32. The molecule has 0 atom stereocenters. The van der Waals surface area contributed by atoms with Crippen LogP contribution >= 0.6 is 11.6 Å². The molecule has 2 amide bonds. The summed E-state index contributed by atoms with van der Waals surface area (Å²) in [5.41, 5.74) is -0.840. The number of aromatic amines is 1. The lowest BCUT2D eigenvalue weighted by Crippen LogP contribution is -2.50. The SMILES string of the molecule is CC(=O)NCCC(=O)N1CCN(c2[nH+]cc(C(F)(F)F)cc2Cl)CC1. The Morgan fingerprint density at radius 1 is 1.28 bits per heavy atom. The minimum atomic E-state index is -4.46. The Morgan fingerprint density at radius 2 is 1.92 bits per heavy atom. The predicted octanol–water partition coefficient (Wildman–Crippen LogP) is 1.35. The molecule has 1 fully saturated rings. The highest BCUT2D eigenvalue weighted by molar-refractivity contribution is 6.32. The number of aromatic nitrogens is 1. The second kappa shape index (κ2) is 7.90. The molecular formula is C15H19ClF3N4O2+. The number of carbonyl (C=O) groups excluding carboxylic acids is 2. The van der Waals surface area contributed by atoms with Gasteiger partial charge in [-0.25, -0.2) is 4.98 Å². The highest BCUT2D eigenvalue weighted by Gasteiger charge is 2.34. The monoisotopic (exact) mass is 379 g/mol. The predicted molar refractivity (Wildman–Crippen MR) is 85.1 cm³/mol. The van der Waals surface area contributed by atoms with Crippen LogP contribution in [-0.4, -0.2) is 49.4 Å². The van der Waals surface area contributed by atoms with Crippen molar-refractivity contribution in [1.29, 1.82) is 0 Å². The molecule has 0 radical (unpaired) electrons. The van der Waals surface area contributed by atoms with Gasteiger partial charge >= 0.3 is 6.18 Å². The van der Waals surface area contributed by atoms with Gasteiger partial charge in [0, 0.05) is 19.9 Å². The lowest BCUT2D eigenvalue weighted by atomic mass is 10.2. The van der Waals surface area contributed by atoms with Gasteiger partial charge in [0.05, 0.1) is 18.7 Å². The van der Waals surface area contributed by atoms with Crippen molar-refractivity contribution in [2.75, 3.05) is 37.6 Å². The third-order valence-electron chi connectivity index (χ3n) is 3.86. The molecule has 0 unspecified atom stereocenters. The smallest absolute Gasteiger partial charge is 0.356 e. The van der Waals surface area contributed by atoms with Crippen molar-refractivity contribution in [3.63, 3.8) is 0 Å². The fourth-order valence-corrected chi connectivity index (χ4v) is 2.84. The Kier molecular flexibility index (Phi) is 6.10. The number of carbonyl (C=O) groups is 2. The van der Waals surface area contributed by atoms with Gasteiger partial charge in [0.25, 0.3) is 5.82 Å². The average molecular weight is 380 g/mol. The van der Waals surface area contributed by atoms with E-state index in [0.717, 1.165) is 12.3 Å². The molecule has 138 valence electrons. The number of nitrogens with zero attached hydrogens (tertiary/aromatic N) is 2. The lowest BCUT2D eigenvalue weighted by Gasteiger charge is -2.31. The molecule has 0 saturated carbocycles. The molecule has 10 heteroatoms. The van der Waals surface area contributed by atoms with Gasteiger partial charge in [-0.2, -0.15) is 13.2 Å². The molecule has 25 heavy (non-hydrogen) atoms. The Bertz CT molecular complexity index is 646. The number of halogens is 4. The summed E-state index contributed by atoms with van der Waals surface area (Å²) in [5, 5.41) is 2.55. The van der Waals surface area contributed by atoms with Crippen molar-refractivity contribution in [2.45, 2.75) is 19.5 Å². The summed E-state index contributed by atoms with van der Waals surface area (Å²) in [4.78, 5) is 28.9. The summed E-state index contributed by atoms with van der Waals surface area (Å²) in [7, 11) is 0. The number of anilines is 1. The first kappa shape index (κ1) is 19.3. The van der Waals surface area contributed by atoms with Crippen molar-refractivity contribution in [3.05, 3.63) is 22.8 Å². The number of H-pyrrole nitrogens is 1. The zero-order valence-corrected chi connectivity index (χ0v) is 14.4. The quantitative estimate of drug-likeness (QED) is 0.858. The van der Waals surface area contributed by atoms with E-state index in [4.69, 9.17) is 11.6 Å². The first-order chi connectivity index (χ1) is 11.7. The summed E-state index contributed by atoms with van der Waals surface area (Å²) in [6.07, 6.45) is -3.36. The van der Waals surface area contributed by atoms with E-state index in [1.807, 2.05) is 0 Å². The van der Waals surface area contributed by atoms with Crippen molar-refractivity contribution in [1.82, 2.24) is 10.2 Å². The minimum Gasteiger partial charge on any atom is -0.356 e. The van der Waals surface area contributed by atoms with E-state index in [-0.39, 0.29) is 29.8 Å². The minimum absolute atomic E-state index is 0.0136. The van der Waals surface area contributed by atoms with Gasteiger partial charge in [0.1, 0.15) is 24.3 Å². The first-order valence-electron chi connectivity index (χ1n) is 7.74. The van der Waals surface area contributed by atoms with Crippen LogP contribution in [0.3, 0.4) is 0 Å². The molecule has 0 bridgehead atoms. The summed E-state index contributed by atoms with van der Waals surface area (Å²) in [6.45, 7) is 3.44. The number of alkyl halides is 3. The third kappa shape index (κ3) is 5.22. The summed E-state index contributed by atoms with van der Waals surface area (Å²) < 4.78 is 38.0. The van der Waals surface area contributed by atoms with Crippen molar-refractivity contribution >= 4 is 29.2 Å². The van der Waals surface area contributed by atoms with E-state index < -0.39 is 11.7 Å². The van der Waals surface area contributed by atoms with Crippen molar-refractivity contribution in [3.8, 4) is 0 Å². The molecule has 1 aliphatic heterocycles. The molecule has 0 aromatic carbocycles. The molecule has 1 aromatic rings. The zero-order chi connectivity index (χ0) is 18.6. The Morgan fingerprint density at radius 3 is 2.44 bits per heavy atom. The van der Waals surface area contributed by atoms with Gasteiger partial charge in [-0.1, -0.05) is 11.6 Å². The normalized spacial score (nSPS) is 15.2. The van der Waals surface area contributed by atoms with Crippen LogP contribution in [0.1, 0.15) is 18.9 Å². The third-order valence-corrected chi connectivity index (χ3v) is 4.15. The maximum atomic E-state index is 12.7. The highest BCUT2D eigenvalue weighted by atomic mass is 35.5. The van der Waals surface area contributed by atoms with Crippen LogP contribution in [0.15, 0.2) is 12.3 Å². The molecule has 0 spiro atoms. The summed E-state index contributed by atoms with van der Waals surface area (Å²) >= 11 is 5.97. The zero-order valence-electron chi connectivity index (χ0n) is 13.6. The van der Waals surface area contributed by atoms with Crippen molar-refractivity contribution in [2.24, 2.45) is 0 Å². The molecule has 2 N–H and O–H groups in total. The van der Waals surface area contributed by atoms with Gasteiger partial charge in [-0.05, 0) is 6.07 Å². The molecule has 1 aliphatic rings. The van der Waals surface area contributed by atoms with Crippen LogP contribution in [0.2, 0.25) is 5.02 Å². The topological polar surface area (TPSA) is 66.8 Å². The van der Waals surface area contributed by atoms with E-state index >= 15 is 0 Å². The van der Waals surface area contributed by atoms with Crippen LogP contribution in [-0.2, 0) is 15.8 Å². The lowest BCUT2D eigenvalue weighted by molar-refractivity contribution is -0.367. The van der Waals surface area contributed by atoms with Gasteiger partial charge in [0.15, 0.2) is 0 Å². The van der Waals surface area contributed by atoms with Crippen LogP contribution in [0.4, 0.5) is 19.0 Å². The standard InChI is InChI=1S/C15H18ClF3N4O2/c1-10(24)20-3-2-13(25)22-4-6-23(7-5-22)14-12(16)8-11(9-21-14)15(17,18)19/h8-9H,2-7H2,1H3,(H,20,24)/p+1. The molecular weight excluding hydrogens is 361 g/mol. The molecule has 0 aliphatic carbocycles. The van der Waals surface area contributed by atoms with Gasteiger partial charge < -0.3 is 10.2 Å². The Hall–Kier alpha value is -2.03. The van der Waals surface area contributed by atoms with Crippen LogP contribution in [0.25, 0.3) is 0 Å². The number of pyridine rings is 1. The maximum absolute atomic E-state index is 12.7. The van der Waals surface area contributed by atoms with Gasteiger partial charge in [-0.3, -0.25) is 14.5 Å². The number of nitrogens with one attached hydrogen (secondary N) is 2. The molecule has 2 rings (SSSR count). The van der Waals surface area contributed by atoms with Crippen LogP contribution in [0.5, 0.6) is 0 Å². The number of amides is 2. The number of hydrogen-bond donors (Lipinski definition) is 1. The number of rotatable bonds is 4. The Balaban J connectivity index is 1.92. The van der Waals surface area contributed by atoms with Crippen LogP contribution < -0.4 is 15.2 Å². The fraction of sp³-hybridized carbons (Fsp3) is 0.533. The van der Waals surface area contributed by atoms with E-state index in [2.05, 4.69) is 10.3 Å². The first-order valence-corrected chi connectivity index (χ1v) is 8.12. The fourth-order valence-electron chi connectivity index (χ4n) is 2.55. The Labute approximate surface area is 147 Å². The summed E-state index contributed by atoms with van der Waals surface area (Å²) in [6, 6.07) is 0.887. The van der Waals surface area contributed by atoms with Gasteiger partial charge in [-0.15, -0.1) is 0 Å². The van der Waals surface area contributed by atoms with E-state index in [0.29, 0.717) is 32.0 Å². The second-order valence-electron chi connectivity index (χ2n) is 5.68. The molecule has 2 heterocycles. The van der Waals surface area contributed by atoms with E-state index in [1.54, 1.807) is 9.80 Å². The molecule has 1 saturated heterocycles. The molecule has 1 aromatic heterocycles.